The van der Waals surface area contributed by atoms with Crippen molar-refractivity contribution in [3.63, 3.8) is 0 Å². The van der Waals surface area contributed by atoms with Crippen LogP contribution in [-0.2, 0) is 6.61 Å². The van der Waals surface area contributed by atoms with Gasteiger partial charge >= 0.3 is 0 Å². The molecule has 0 unspecified atom stereocenters. The standard InChI is InChI=1S/C13H12FNO/c1-10-2-7-13(8-15-10)16-9-11-3-5-12(14)6-4-11/h2-8H,9H2,1H3. The van der Waals surface area contributed by atoms with Crippen LogP contribution in [0.2, 0.25) is 0 Å². The van der Waals surface area contributed by atoms with Gasteiger partial charge in [-0.1, -0.05) is 12.1 Å². The van der Waals surface area contributed by atoms with Gasteiger partial charge < -0.3 is 4.74 Å². The third-order valence-electron chi connectivity index (χ3n) is 2.20. The van der Waals surface area contributed by atoms with Crippen molar-refractivity contribution < 1.29 is 9.13 Å². The van der Waals surface area contributed by atoms with Gasteiger partial charge in [0.15, 0.2) is 0 Å². The molecule has 1 aromatic carbocycles. The molecule has 0 fully saturated rings. The lowest BCUT2D eigenvalue weighted by molar-refractivity contribution is 0.304. The van der Waals surface area contributed by atoms with E-state index in [4.69, 9.17) is 4.74 Å². The molecule has 3 heteroatoms. The smallest absolute Gasteiger partial charge is 0.138 e. The van der Waals surface area contributed by atoms with E-state index in [9.17, 15) is 4.39 Å². The lowest BCUT2D eigenvalue weighted by Crippen LogP contribution is -1.96. The second kappa shape index (κ2) is 4.75. The van der Waals surface area contributed by atoms with Crippen LogP contribution in [-0.4, -0.2) is 4.98 Å². The molecule has 0 aliphatic heterocycles. The zero-order valence-corrected chi connectivity index (χ0v) is 8.98. The average molecular weight is 217 g/mol. The minimum Gasteiger partial charge on any atom is -0.487 e. The van der Waals surface area contributed by atoms with Gasteiger partial charge in [-0.25, -0.2) is 4.39 Å². The number of benzene rings is 1. The van der Waals surface area contributed by atoms with E-state index in [1.165, 1.54) is 12.1 Å². The zero-order chi connectivity index (χ0) is 11.4. The molecule has 0 saturated carbocycles. The van der Waals surface area contributed by atoms with E-state index in [-0.39, 0.29) is 5.82 Å². The minimum atomic E-state index is -0.235. The molecule has 0 bridgehead atoms. The fraction of sp³-hybridized carbons (Fsp3) is 0.154. The SMILES string of the molecule is Cc1ccc(OCc2ccc(F)cc2)cn1. The summed E-state index contributed by atoms with van der Waals surface area (Å²) in [6.07, 6.45) is 1.68. The van der Waals surface area contributed by atoms with Gasteiger partial charge in [0, 0.05) is 5.69 Å². The maximum Gasteiger partial charge on any atom is 0.138 e. The number of hydrogen-bond donors (Lipinski definition) is 0. The van der Waals surface area contributed by atoms with E-state index in [1.807, 2.05) is 19.1 Å². The average Bonchev–Trinajstić information content (AvgIpc) is 2.30. The van der Waals surface area contributed by atoms with Crippen LogP contribution in [0.3, 0.4) is 0 Å². The summed E-state index contributed by atoms with van der Waals surface area (Å²) in [6.45, 7) is 2.34. The van der Waals surface area contributed by atoms with Crippen molar-refractivity contribution in [1.82, 2.24) is 4.98 Å². The van der Waals surface area contributed by atoms with Crippen LogP contribution in [0.1, 0.15) is 11.3 Å². The summed E-state index contributed by atoms with van der Waals surface area (Å²) in [7, 11) is 0. The molecule has 2 aromatic rings. The summed E-state index contributed by atoms with van der Waals surface area (Å²) in [5.74, 6) is 0.482. The number of aryl methyl sites for hydroxylation is 1. The largest absolute Gasteiger partial charge is 0.487 e. The van der Waals surface area contributed by atoms with E-state index in [2.05, 4.69) is 4.98 Å². The summed E-state index contributed by atoms with van der Waals surface area (Å²) >= 11 is 0. The first-order valence-electron chi connectivity index (χ1n) is 5.04. The fourth-order valence-corrected chi connectivity index (χ4v) is 1.29. The Morgan fingerprint density at radius 2 is 1.88 bits per heavy atom. The summed E-state index contributed by atoms with van der Waals surface area (Å²) in [5.41, 5.74) is 1.89. The van der Waals surface area contributed by atoms with Gasteiger partial charge in [-0.05, 0) is 36.8 Å². The molecule has 0 aliphatic carbocycles. The number of nitrogens with zero attached hydrogens (tertiary/aromatic N) is 1. The van der Waals surface area contributed by atoms with Crippen molar-refractivity contribution in [2.24, 2.45) is 0 Å². The minimum absolute atomic E-state index is 0.235. The van der Waals surface area contributed by atoms with Crippen molar-refractivity contribution in [2.75, 3.05) is 0 Å². The molecule has 1 aromatic heterocycles. The first-order chi connectivity index (χ1) is 7.74. The van der Waals surface area contributed by atoms with Crippen molar-refractivity contribution in [1.29, 1.82) is 0 Å². The molecule has 0 amide bonds. The van der Waals surface area contributed by atoms with E-state index in [0.717, 1.165) is 17.0 Å². The molecule has 0 N–H and O–H groups in total. The Kier molecular flexibility index (Phi) is 3.15. The number of pyridine rings is 1. The van der Waals surface area contributed by atoms with Crippen molar-refractivity contribution in [3.8, 4) is 5.75 Å². The van der Waals surface area contributed by atoms with Crippen molar-refractivity contribution in [3.05, 3.63) is 59.7 Å². The third kappa shape index (κ3) is 2.79. The van der Waals surface area contributed by atoms with Gasteiger partial charge in [-0.15, -0.1) is 0 Å². The van der Waals surface area contributed by atoms with Gasteiger partial charge in [0.2, 0.25) is 0 Å². The molecule has 16 heavy (non-hydrogen) atoms. The van der Waals surface area contributed by atoms with Gasteiger partial charge in [0.05, 0.1) is 6.20 Å². The molecule has 0 atom stereocenters. The van der Waals surface area contributed by atoms with Crippen LogP contribution in [0.5, 0.6) is 5.75 Å². The summed E-state index contributed by atoms with van der Waals surface area (Å²) in [6, 6.07) is 10.0. The second-order valence-corrected chi connectivity index (χ2v) is 3.55. The normalized spacial score (nSPS) is 10.1. The number of halogens is 1. The first-order valence-corrected chi connectivity index (χ1v) is 5.04. The second-order valence-electron chi connectivity index (χ2n) is 3.55. The highest BCUT2D eigenvalue weighted by molar-refractivity contribution is 5.21. The van der Waals surface area contributed by atoms with Gasteiger partial charge in [-0.3, -0.25) is 4.98 Å². The molecule has 0 spiro atoms. The maximum atomic E-state index is 12.6. The highest BCUT2D eigenvalue weighted by Gasteiger charge is 1.96. The maximum absolute atomic E-state index is 12.6. The Hall–Kier alpha value is -1.90. The van der Waals surface area contributed by atoms with Crippen LogP contribution < -0.4 is 4.74 Å². The van der Waals surface area contributed by atoms with Gasteiger partial charge in [0.1, 0.15) is 18.2 Å². The molecular formula is C13H12FNO. The quantitative estimate of drug-likeness (QED) is 0.788. The number of ether oxygens (including phenoxy) is 1. The van der Waals surface area contributed by atoms with Crippen molar-refractivity contribution in [2.45, 2.75) is 13.5 Å². The first kappa shape index (κ1) is 10.6. The number of hydrogen-bond acceptors (Lipinski definition) is 2. The highest BCUT2D eigenvalue weighted by atomic mass is 19.1. The molecule has 82 valence electrons. The Morgan fingerprint density at radius 1 is 1.12 bits per heavy atom. The van der Waals surface area contributed by atoms with E-state index in [1.54, 1.807) is 18.3 Å². The Bertz CT molecular complexity index is 405. The summed E-state index contributed by atoms with van der Waals surface area (Å²) < 4.78 is 18.1. The number of aromatic nitrogens is 1. The van der Waals surface area contributed by atoms with E-state index in [0.29, 0.717) is 6.61 Å². The highest BCUT2D eigenvalue weighted by Crippen LogP contribution is 2.11. The van der Waals surface area contributed by atoms with Crippen molar-refractivity contribution >= 4 is 0 Å². The van der Waals surface area contributed by atoms with Gasteiger partial charge in [-0.2, -0.15) is 0 Å². The monoisotopic (exact) mass is 217 g/mol. The lowest BCUT2D eigenvalue weighted by atomic mass is 10.2. The predicted molar refractivity (Wildman–Crippen MR) is 59.7 cm³/mol. The van der Waals surface area contributed by atoms with Crippen LogP contribution in [0.15, 0.2) is 42.6 Å². The molecule has 0 aliphatic rings. The van der Waals surface area contributed by atoms with Crippen LogP contribution >= 0.6 is 0 Å². The van der Waals surface area contributed by atoms with Gasteiger partial charge in [0.25, 0.3) is 0 Å². The molecular weight excluding hydrogens is 205 g/mol. The summed E-state index contributed by atoms with van der Waals surface area (Å²) in [4.78, 5) is 4.12. The van der Waals surface area contributed by atoms with E-state index < -0.39 is 0 Å². The Labute approximate surface area is 93.7 Å². The zero-order valence-electron chi connectivity index (χ0n) is 8.98. The van der Waals surface area contributed by atoms with Crippen LogP contribution in [0.25, 0.3) is 0 Å². The van der Waals surface area contributed by atoms with Crippen LogP contribution in [0.4, 0.5) is 4.39 Å². The Balaban J connectivity index is 1.97. The van der Waals surface area contributed by atoms with Crippen LogP contribution in [0, 0.1) is 12.7 Å². The Morgan fingerprint density at radius 3 is 2.50 bits per heavy atom. The molecule has 0 radical (unpaired) electrons. The topological polar surface area (TPSA) is 22.1 Å². The lowest BCUT2D eigenvalue weighted by Gasteiger charge is -2.05. The summed E-state index contributed by atoms with van der Waals surface area (Å²) in [5, 5.41) is 0. The van der Waals surface area contributed by atoms with E-state index >= 15 is 0 Å². The fourth-order valence-electron chi connectivity index (χ4n) is 1.29. The predicted octanol–water partition coefficient (Wildman–Crippen LogP) is 3.11. The molecule has 0 saturated heterocycles. The third-order valence-corrected chi connectivity index (χ3v) is 2.20. The molecule has 2 nitrogen and oxygen atoms in total. The molecule has 1 heterocycles. The number of rotatable bonds is 3. The molecule has 2 rings (SSSR count).